The number of ether oxygens (including phenoxy) is 1. The van der Waals surface area contributed by atoms with Gasteiger partial charge in [-0.15, -0.1) is 24.0 Å². The van der Waals surface area contributed by atoms with Gasteiger partial charge in [0.1, 0.15) is 5.75 Å². The van der Waals surface area contributed by atoms with Gasteiger partial charge in [-0.2, -0.15) is 0 Å². The average molecular weight is 509 g/mol. The molecule has 1 aromatic rings. The third kappa shape index (κ3) is 6.51. The maximum absolute atomic E-state index is 12.2. The molecule has 1 N–H and O–H groups in total. The minimum absolute atomic E-state index is 0. The molecular formula is C19H32IN3O3S. The third-order valence-corrected chi connectivity index (χ3v) is 7.02. The van der Waals surface area contributed by atoms with Gasteiger partial charge < -0.3 is 15.0 Å². The molecule has 1 aromatic carbocycles. The van der Waals surface area contributed by atoms with Crippen molar-refractivity contribution in [1.29, 1.82) is 0 Å². The summed E-state index contributed by atoms with van der Waals surface area (Å²) in [7, 11) is -1.34. The number of guanidine groups is 1. The summed E-state index contributed by atoms with van der Waals surface area (Å²) in [6, 6.07) is 7.99. The Morgan fingerprint density at radius 2 is 2.07 bits per heavy atom. The van der Waals surface area contributed by atoms with Gasteiger partial charge in [-0.25, -0.2) is 8.42 Å². The lowest BCUT2D eigenvalue weighted by Crippen LogP contribution is -2.57. The summed E-state index contributed by atoms with van der Waals surface area (Å²) in [4.78, 5) is 6.34. The van der Waals surface area contributed by atoms with E-state index in [-0.39, 0.29) is 29.7 Å². The molecule has 154 valence electrons. The molecule has 0 aromatic heterocycles. The Morgan fingerprint density at radius 1 is 1.37 bits per heavy atom. The number of benzene rings is 1. The Balaban J connectivity index is 0.00000364. The molecule has 0 atom stereocenters. The highest BCUT2D eigenvalue weighted by atomic mass is 127. The highest BCUT2D eigenvalue weighted by Gasteiger charge is 2.40. The van der Waals surface area contributed by atoms with Gasteiger partial charge in [0.2, 0.25) is 0 Å². The largest absolute Gasteiger partial charge is 0.493 e. The summed E-state index contributed by atoms with van der Waals surface area (Å²) in [5.41, 5.74) is 1.09. The standard InChI is InChI=1S/C19H31N3O3S.HI/c1-15(2)13-25-17-8-6-7-16(11-17)12-21-18(20-5)22-9-10-26(23,24)19(3,4)14-22;/h6-8,11,15H,9-10,12-14H2,1-5H3,(H,20,21);1H. The molecule has 1 fully saturated rings. The summed E-state index contributed by atoms with van der Waals surface area (Å²) < 4.78 is 29.4. The Kier molecular flexibility index (Phi) is 8.85. The number of hydrogen-bond donors (Lipinski definition) is 1. The van der Waals surface area contributed by atoms with Crippen molar-refractivity contribution in [2.45, 2.75) is 39.0 Å². The molecule has 0 aliphatic carbocycles. The second-order valence-electron chi connectivity index (χ2n) is 7.75. The Morgan fingerprint density at radius 3 is 2.67 bits per heavy atom. The van der Waals surface area contributed by atoms with E-state index >= 15 is 0 Å². The van der Waals surface area contributed by atoms with Crippen LogP contribution in [0.2, 0.25) is 0 Å². The van der Waals surface area contributed by atoms with Crippen LogP contribution in [0.3, 0.4) is 0 Å². The van der Waals surface area contributed by atoms with Gasteiger partial charge in [-0.05, 0) is 37.5 Å². The second-order valence-corrected chi connectivity index (χ2v) is 10.5. The van der Waals surface area contributed by atoms with Crippen LogP contribution >= 0.6 is 24.0 Å². The first-order valence-corrected chi connectivity index (χ1v) is 10.7. The van der Waals surface area contributed by atoms with Crippen molar-refractivity contribution < 1.29 is 13.2 Å². The van der Waals surface area contributed by atoms with Crippen LogP contribution in [-0.4, -0.2) is 56.5 Å². The summed E-state index contributed by atoms with van der Waals surface area (Å²) in [5, 5.41) is 3.34. The zero-order valence-corrected chi connectivity index (χ0v) is 20.0. The monoisotopic (exact) mass is 509 g/mol. The molecule has 0 bridgehead atoms. The predicted molar refractivity (Wildman–Crippen MR) is 122 cm³/mol. The molecular weight excluding hydrogens is 477 g/mol. The van der Waals surface area contributed by atoms with Gasteiger partial charge in [0.25, 0.3) is 0 Å². The van der Waals surface area contributed by atoms with Crippen molar-refractivity contribution in [3.05, 3.63) is 29.8 Å². The molecule has 0 saturated carbocycles. The van der Waals surface area contributed by atoms with E-state index < -0.39 is 14.6 Å². The van der Waals surface area contributed by atoms with E-state index in [1.165, 1.54) is 0 Å². The molecule has 1 aliphatic rings. The lowest BCUT2D eigenvalue weighted by molar-refractivity contribution is 0.271. The van der Waals surface area contributed by atoms with Crippen molar-refractivity contribution in [3.8, 4) is 5.75 Å². The molecule has 1 heterocycles. The Labute approximate surface area is 180 Å². The smallest absolute Gasteiger partial charge is 0.193 e. The van der Waals surface area contributed by atoms with Gasteiger partial charge in [0.05, 0.1) is 17.1 Å². The quantitative estimate of drug-likeness (QED) is 0.376. The van der Waals surface area contributed by atoms with Crippen molar-refractivity contribution in [1.82, 2.24) is 10.2 Å². The number of rotatable bonds is 5. The van der Waals surface area contributed by atoms with Crippen LogP contribution in [-0.2, 0) is 16.4 Å². The number of sulfone groups is 1. The maximum Gasteiger partial charge on any atom is 0.193 e. The Hall–Kier alpha value is -1.03. The fraction of sp³-hybridized carbons (Fsp3) is 0.632. The van der Waals surface area contributed by atoms with Crippen LogP contribution in [0.5, 0.6) is 5.75 Å². The minimum atomic E-state index is -3.06. The predicted octanol–water partition coefficient (Wildman–Crippen LogP) is 2.92. The molecule has 1 aliphatic heterocycles. The maximum atomic E-state index is 12.2. The number of nitrogens with one attached hydrogen (secondary N) is 1. The highest BCUT2D eigenvalue weighted by molar-refractivity contribution is 14.0. The number of nitrogens with zero attached hydrogens (tertiary/aromatic N) is 2. The van der Waals surface area contributed by atoms with E-state index in [1.54, 1.807) is 20.9 Å². The summed E-state index contributed by atoms with van der Waals surface area (Å²) in [6.45, 7) is 9.99. The Bertz CT molecular complexity index is 748. The minimum Gasteiger partial charge on any atom is -0.493 e. The van der Waals surface area contributed by atoms with Crippen LogP contribution in [0, 0.1) is 5.92 Å². The summed E-state index contributed by atoms with van der Waals surface area (Å²) >= 11 is 0. The number of halogens is 1. The fourth-order valence-corrected chi connectivity index (χ4v) is 4.21. The van der Waals surface area contributed by atoms with E-state index in [1.807, 2.05) is 29.2 Å². The first-order valence-electron chi connectivity index (χ1n) is 9.04. The first kappa shape index (κ1) is 24.0. The second kappa shape index (κ2) is 9.95. The lowest BCUT2D eigenvalue weighted by atomic mass is 10.2. The normalized spacial score (nSPS) is 18.7. The van der Waals surface area contributed by atoms with Crippen molar-refractivity contribution in [2.75, 3.05) is 32.5 Å². The van der Waals surface area contributed by atoms with Gasteiger partial charge in [0.15, 0.2) is 15.8 Å². The third-order valence-electron chi connectivity index (χ3n) is 4.49. The first-order chi connectivity index (χ1) is 12.1. The zero-order valence-electron chi connectivity index (χ0n) is 16.9. The van der Waals surface area contributed by atoms with E-state index in [9.17, 15) is 8.42 Å². The number of hydrogen-bond acceptors (Lipinski definition) is 4. The molecule has 0 radical (unpaired) electrons. The van der Waals surface area contributed by atoms with Crippen LogP contribution in [0.25, 0.3) is 0 Å². The topological polar surface area (TPSA) is 71.0 Å². The number of aliphatic imine (C=N–C) groups is 1. The molecule has 0 unspecified atom stereocenters. The van der Waals surface area contributed by atoms with Crippen molar-refractivity contribution >= 4 is 39.8 Å². The highest BCUT2D eigenvalue weighted by Crippen LogP contribution is 2.23. The zero-order chi connectivity index (χ0) is 19.4. The SMILES string of the molecule is CN=C(NCc1cccc(OCC(C)C)c1)N1CCS(=O)(=O)C(C)(C)C1.I. The van der Waals surface area contributed by atoms with Crippen LogP contribution in [0.15, 0.2) is 29.3 Å². The summed E-state index contributed by atoms with van der Waals surface area (Å²) in [5.74, 6) is 2.22. The van der Waals surface area contributed by atoms with E-state index in [0.29, 0.717) is 32.2 Å². The van der Waals surface area contributed by atoms with Gasteiger partial charge in [-0.1, -0.05) is 26.0 Å². The van der Waals surface area contributed by atoms with E-state index in [2.05, 4.69) is 24.2 Å². The molecule has 27 heavy (non-hydrogen) atoms. The molecule has 8 heteroatoms. The van der Waals surface area contributed by atoms with Crippen LogP contribution < -0.4 is 10.1 Å². The fourth-order valence-electron chi connectivity index (χ4n) is 2.85. The van der Waals surface area contributed by atoms with Crippen LogP contribution in [0.1, 0.15) is 33.3 Å². The molecule has 0 spiro atoms. The van der Waals surface area contributed by atoms with E-state index in [0.717, 1.165) is 17.3 Å². The van der Waals surface area contributed by atoms with Gasteiger partial charge >= 0.3 is 0 Å². The van der Waals surface area contributed by atoms with Crippen LogP contribution in [0.4, 0.5) is 0 Å². The van der Waals surface area contributed by atoms with Gasteiger partial charge in [-0.3, -0.25) is 4.99 Å². The summed E-state index contributed by atoms with van der Waals surface area (Å²) in [6.07, 6.45) is 0. The molecule has 1 saturated heterocycles. The van der Waals surface area contributed by atoms with Crippen molar-refractivity contribution in [3.63, 3.8) is 0 Å². The lowest BCUT2D eigenvalue weighted by Gasteiger charge is -2.39. The average Bonchev–Trinajstić information content (AvgIpc) is 2.57. The molecule has 6 nitrogen and oxygen atoms in total. The molecule has 2 rings (SSSR count). The van der Waals surface area contributed by atoms with Crippen molar-refractivity contribution in [2.24, 2.45) is 10.9 Å². The van der Waals surface area contributed by atoms with Gasteiger partial charge in [0, 0.05) is 26.7 Å². The van der Waals surface area contributed by atoms with E-state index in [4.69, 9.17) is 4.74 Å². The molecule has 0 amide bonds.